The second-order valence-corrected chi connectivity index (χ2v) is 4.09. The number of aromatic hydroxyl groups is 4. The fraction of sp³-hybridized carbons (Fsp3) is 0.0714. The van der Waals surface area contributed by atoms with E-state index >= 15 is 0 Å². The molecule has 0 unspecified atom stereocenters. The third-order valence-corrected chi connectivity index (χ3v) is 2.75. The number of carbonyl (C=O) groups is 1. The molecule has 0 saturated carbocycles. The Morgan fingerprint density at radius 3 is 2.11 bits per heavy atom. The van der Waals surface area contributed by atoms with Gasteiger partial charge in [0, 0.05) is 17.5 Å². The number of rotatable bonds is 3. The first kappa shape index (κ1) is 12.8. The quantitative estimate of drug-likeness (QED) is 0.499. The SMILES string of the molecule is O=C(Cc1ccc(O)c(O)c1O)c1ccc(O)cc1. The Hall–Kier alpha value is -2.69. The largest absolute Gasteiger partial charge is 0.508 e. The fourth-order valence-electron chi connectivity index (χ4n) is 1.68. The van der Waals surface area contributed by atoms with Crippen molar-refractivity contribution in [1.82, 2.24) is 0 Å². The Morgan fingerprint density at radius 1 is 0.842 bits per heavy atom. The zero-order valence-electron chi connectivity index (χ0n) is 9.87. The normalized spacial score (nSPS) is 10.3. The van der Waals surface area contributed by atoms with Crippen LogP contribution in [-0.2, 0) is 6.42 Å². The summed E-state index contributed by atoms with van der Waals surface area (Å²) >= 11 is 0. The van der Waals surface area contributed by atoms with E-state index in [9.17, 15) is 20.1 Å². The molecule has 0 atom stereocenters. The summed E-state index contributed by atoms with van der Waals surface area (Å²) in [7, 11) is 0. The number of benzene rings is 2. The van der Waals surface area contributed by atoms with E-state index in [1.807, 2.05) is 0 Å². The van der Waals surface area contributed by atoms with Gasteiger partial charge in [-0.1, -0.05) is 6.07 Å². The average molecular weight is 260 g/mol. The lowest BCUT2D eigenvalue weighted by molar-refractivity contribution is 0.0992. The van der Waals surface area contributed by atoms with Gasteiger partial charge in [-0.15, -0.1) is 0 Å². The summed E-state index contributed by atoms with van der Waals surface area (Å²) < 4.78 is 0. The Kier molecular flexibility index (Phi) is 3.29. The lowest BCUT2D eigenvalue weighted by Crippen LogP contribution is -2.03. The van der Waals surface area contributed by atoms with Gasteiger partial charge in [-0.3, -0.25) is 4.79 Å². The number of hydrogen-bond donors (Lipinski definition) is 4. The van der Waals surface area contributed by atoms with Crippen LogP contribution in [0.2, 0.25) is 0 Å². The zero-order chi connectivity index (χ0) is 14.0. The van der Waals surface area contributed by atoms with Crippen LogP contribution >= 0.6 is 0 Å². The molecule has 0 aromatic heterocycles. The molecule has 2 rings (SSSR count). The average Bonchev–Trinajstić information content (AvgIpc) is 2.40. The number of ketones is 1. The molecular weight excluding hydrogens is 248 g/mol. The van der Waals surface area contributed by atoms with Crippen molar-refractivity contribution in [3.8, 4) is 23.0 Å². The highest BCUT2D eigenvalue weighted by Crippen LogP contribution is 2.37. The van der Waals surface area contributed by atoms with Gasteiger partial charge in [0.05, 0.1) is 0 Å². The lowest BCUT2D eigenvalue weighted by atomic mass is 10.0. The highest BCUT2D eigenvalue weighted by Gasteiger charge is 2.15. The van der Waals surface area contributed by atoms with Crippen molar-refractivity contribution in [1.29, 1.82) is 0 Å². The zero-order valence-corrected chi connectivity index (χ0v) is 9.87. The second-order valence-electron chi connectivity index (χ2n) is 4.09. The smallest absolute Gasteiger partial charge is 0.200 e. The molecule has 5 heteroatoms. The topological polar surface area (TPSA) is 98.0 Å². The molecule has 19 heavy (non-hydrogen) atoms. The van der Waals surface area contributed by atoms with Crippen LogP contribution in [0, 0.1) is 0 Å². The predicted octanol–water partition coefficient (Wildman–Crippen LogP) is 1.93. The minimum absolute atomic E-state index is 0.0571. The van der Waals surface area contributed by atoms with Crippen LogP contribution in [-0.4, -0.2) is 26.2 Å². The third-order valence-electron chi connectivity index (χ3n) is 2.75. The van der Waals surface area contributed by atoms with Gasteiger partial charge in [-0.25, -0.2) is 0 Å². The van der Waals surface area contributed by atoms with Crippen molar-refractivity contribution in [2.45, 2.75) is 6.42 Å². The minimum Gasteiger partial charge on any atom is -0.508 e. The van der Waals surface area contributed by atoms with Crippen LogP contribution < -0.4 is 0 Å². The van der Waals surface area contributed by atoms with Gasteiger partial charge in [0.1, 0.15) is 5.75 Å². The number of Topliss-reactive ketones (excluding diaryl/α,β-unsaturated/α-hetero) is 1. The lowest BCUT2D eigenvalue weighted by Gasteiger charge is -2.07. The molecule has 0 aliphatic rings. The molecule has 0 bridgehead atoms. The van der Waals surface area contributed by atoms with Gasteiger partial charge >= 0.3 is 0 Å². The fourth-order valence-corrected chi connectivity index (χ4v) is 1.68. The first-order valence-corrected chi connectivity index (χ1v) is 5.54. The molecule has 0 aliphatic carbocycles. The first-order valence-electron chi connectivity index (χ1n) is 5.54. The first-order chi connectivity index (χ1) is 8.99. The third kappa shape index (κ3) is 2.60. The maximum Gasteiger partial charge on any atom is 0.200 e. The van der Waals surface area contributed by atoms with Gasteiger partial charge in [-0.2, -0.15) is 0 Å². The van der Waals surface area contributed by atoms with E-state index in [1.54, 1.807) is 0 Å². The summed E-state index contributed by atoms with van der Waals surface area (Å²) in [6.45, 7) is 0. The van der Waals surface area contributed by atoms with Crippen LogP contribution in [0.1, 0.15) is 15.9 Å². The van der Waals surface area contributed by atoms with Crippen molar-refractivity contribution >= 4 is 5.78 Å². The van der Waals surface area contributed by atoms with E-state index < -0.39 is 17.2 Å². The monoisotopic (exact) mass is 260 g/mol. The van der Waals surface area contributed by atoms with Crippen molar-refractivity contribution in [2.24, 2.45) is 0 Å². The summed E-state index contributed by atoms with van der Waals surface area (Å²) in [5.41, 5.74) is 0.595. The van der Waals surface area contributed by atoms with Crippen LogP contribution in [0.3, 0.4) is 0 Å². The second kappa shape index (κ2) is 4.89. The summed E-state index contributed by atoms with van der Waals surface area (Å²) in [6.07, 6.45) is -0.121. The maximum atomic E-state index is 11.9. The van der Waals surface area contributed by atoms with E-state index in [1.165, 1.54) is 36.4 Å². The molecule has 2 aromatic carbocycles. The Balaban J connectivity index is 2.24. The van der Waals surface area contributed by atoms with E-state index in [0.717, 1.165) is 0 Å². The summed E-state index contributed by atoms with van der Waals surface area (Å²) in [5.74, 6) is -1.82. The predicted molar refractivity (Wildman–Crippen MR) is 67.6 cm³/mol. The minimum atomic E-state index is -0.643. The van der Waals surface area contributed by atoms with Gasteiger partial charge < -0.3 is 20.4 Å². The highest BCUT2D eigenvalue weighted by molar-refractivity contribution is 5.98. The molecule has 0 amide bonds. The van der Waals surface area contributed by atoms with Crippen molar-refractivity contribution in [2.75, 3.05) is 0 Å². The molecule has 0 fully saturated rings. The van der Waals surface area contributed by atoms with Crippen LogP contribution in [0.4, 0.5) is 0 Å². The van der Waals surface area contributed by atoms with Gasteiger partial charge in [0.2, 0.25) is 5.75 Å². The molecule has 0 spiro atoms. The highest BCUT2D eigenvalue weighted by atomic mass is 16.3. The molecule has 98 valence electrons. The number of phenols is 4. The standard InChI is InChI=1S/C14H12O5/c15-10-4-1-8(2-5-10)12(17)7-9-3-6-11(16)14(19)13(9)18/h1-6,15-16,18-19H,7H2. The van der Waals surface area contributed by atoms with Crippen molar-refractivity contribution < 1.29 is 25.2 Å². The van der Waals surface area contributed by atoms with Crippen LogP contribution in [0.25, 0.3) is 0 Å². The Morgan fingerprint density at radius 2 is 1.47 bits per heavy atom. The molecule has 4 N–H and O–H groups in total. The summed E-state index contributed by atoms with van der Waals surface area (Å²) in [4.78, 5) is 11.9. The van der Waals surface area contributed by atoms with Gasteiger partial charge in [0.15, 0.2) is 17.3 Å². The number of phenolic OH excluding ortho intramolecular Hbond substituents is 4. The van der Waals surface area contributed by atoms with E-state index in [2.05, 4.69) is 0 Å². The van der Waals surface area contributed by atoms with E-state index in [0.29, 0.717) is 5.56 Å². The maximum absolute atomic E-state index is 11.9. The number of carbonyl (C=O) groups excluding carboxylic acids is 1. The molecular formula is C14H12O5. The van der Waals surface area contributed by atoms with Crippen LogP contribution in [0.5, 0.6) is 23.0 Å². The van der Waals surface area contributed by atoms with Crippen LogP contribution in [0.15, 0.2) is 36.4 Å². The molecule has 0 aliphatic heterocycles. The van der Waals surface area contributed by atoms with Crippen molar-refractivity contribution in [3.05, 3.63) is 47.5 Å². The number of hydrogen-bond acceptors (Lipinski definition) is 5. The molecule has 0 radical (unpaired) electrons. The summed E-state index contributed by atoms with van der Waals surface area (Å²) in [5, 5.41) is 37.3. The van der Waals surface area contributed by atoms with Crippen molar-refractivity contribution in [3.63, 3.8) is 0 Å². The van der Waals surface area contributed by atoms with Gasteiger partial charge in [0.25, 0.3) is 0 Å². The van der Waals surface area contributed by atoms with Gasteiger partial charge in [-0.05, 0) is 30.3 Å². The molecule has 5 nitrogen and oxygen atoms in total. The summed E-state index contributed by atoms with van der Waals surface area (Å²) in [6, 6.07) is 8.28. The molecule has 2 aromatic rings. The van der Waals surface area contributed by atoms with E-state index in [4.69, 9.17) is 5.11 Å². The van der Waals surface area contributed by atoms with E-state index in [-0.39, 0.29) is 23.5 Å². The molecule has 0 saturated heterocycles. The Labute approximate surface area is 109 Å². The molecule has 0 heterocycles. The Bertz CT molecular complexity index is 616.